The van der Waals surface area contributed by atoms with E-state index in [1.165, 1.54) is 12.1 Å². The number of halogens is 2. The van der Waals surface area contributed by atoms with Crippen LogP contribution in [0.25, 0.3) is 5.69 Å². The van der Waals surface area contributed by atoms with E-state index in [0.29, 0.717) is 31.9 Å². The highest BCUT2D eigenvalue weighted by atomic mass is 35.5. The molecule has 0 N–H and O–H groups in total. The first-order valence-electron chi connectivity index (χ1n) is 10.8. The molecular weight excluding hydrogens is 443 g/mol. The van der Waals surface area contributed by atoms with Crippen molar-refractivity contribution in [1.29, 1.82) is 5.26 Å². The summed E-state index contributed by atoms with van der Waals surface area (Å²) >= 11 is 6.49. The first-order valence-corrected chi connectivity index (χ1v) is 11.2. The van der Waals surface area contributed by atoms with E-state index < -0.39 is 0 Å². The number of amides is 1. The first kappa shape index (κ1) is 21.5. The van der Waals surface area contributed by atoms with Gasteiger partial charge in [0.2, 0.25) is 0 Å². The van der Waals surface area contributed by atoms with Gasteiger partial charge in [-0.1, -0.05) is 18.5 Å². The van der Waals surface area contributed by atoms with E-state index >= 15 is 0 Å². The van der Waals surface area contributed by atoms with Crippen LogP contribution in [-0.2, 0) is 13.0 Å². The summed E-state index contributed by atoms with van der Waals surface area (Å²) in [5.41, 5.74) is 3.17. The Bertz CT molecular complexity index is 1270. The number of fused-ring (bicyclic) bond motifs is 1. The van der Waals surface area contributed by atoms with E-state index in [4.69, 9.17) is 16.3 Å². The van der Waals surface area contributed by atoms with E-state index in [0.717, 1.165) is 29.8 Å². The van der Waals surface area contributed by atoms with Gasteiger partial charge in [0.15, 0.2) is 0 Å². The summed E-state index contributed by atoms with van der Waals surface area (Å²) in [6, 6.07) is 11.4. The molecular formula is C25H22ClFN4O2. The molecule has 168 valence electrons. The van der Waals surface area contributed by atoms with Gasteiger partial charge in [0.25, 0.3) is 5.91 Å². The average Bonchev–Trinajstić information content (AvgIpc) is 3.40. The fraction of sp³-hybridized carbons (Fsp3) is 0.320. The molecule has 1 fully saturated rings. The van der Waals surface area contributed by atoms with Crippen LogP contribution in [0.3, 0.4) is 0 Å². The third-order valence-electron chi connectivity index (χ3n) is 6.35. The number of ether oxygens (including phenoxy) is 1. The van der Waals surface area contributed by atoms with Crippen LogP contribution < -0.4 is 4.74 Å². The average molecular weight is 465 g/mol. The van der Waals surface area contributed by atoms with Gasteiger partial charge in [-0.2, -0.15) is 10.4 Å². The minimum atomic E-state index is -0.308. The second-order valence-corrected chi connectivity index (χ2v) is 9.39. The van der Waals surface area contributed by atoms with Crippen molar-refractivity contribution in [2.24, 2.45) is 5.41 Å². The van der Waals surface area contributed by atoms with Crippen molar-refractivity contribution < 1.29 is 13.9 Å². The molecule has 2 heterocycles. The van der Waals surface area contributed by atoms with Crippen LogP contribution in [0.1, 0.15) is 46.9 Å². The van der Waals surface area contributed by atoms with Gasteiger partial charge in [-0.05, 0) is 49.2 Å². The van der Waals surface area contributed by atoms with Crippen molar-refractivity contribution in [3.8, 4) is 17.5 Å². The van der Waals surface area contributed by atoms with Gasteiger partial charge in [-0.25, -0.2) is 9.07 Å². The van der Waals surface area contributed by atoms with Crippen LogP contribution in [0.2, 0.25) is 5.02 Å². The summed E-state index contributed by atoms with van der Waals surface area (Å²) in [5.74, 6) is -0.171. The van der Waals surface area contributed by atoms with E-state index in [-0.39, 0.29) is 33.3 Å². The van der Waals surface area contributed by atoms with E-state index in [9.17, 15) is 14.4 Å². The smallest absolute Gasteiger partial charge is 0.259 e. The fourth-order valence-corrected chi connectivity index (χ4v) is 4.22. The van der Waals surface area contributed by atoms with Crippen molar-refractivity contribution in [3.05, 3.63) is 75.8 Å². The summed E-state index contributed by atoms with van der Waals surface area (Å²) in [6.07, 6.45) is 4.63. The van der Waals surface area contributed by atoms with Crippen molar-refractivity contribution >= 4 is 17.5 Å². The predicted octanol–water partition coefficient (Wildman–Crippen LogP) is 4.91. The van der Waals surface area contributed by atoms with Crippen LogP contribution in [-0.4, -0.2) is 33.7 Å². The number of nitriles is 1. The van der Waals surface area contributed by atoms with Crippen LogP contribution in [0.5, 0.6) is 5.75 Å². The molecule has 1 amide bonds. The highest BCUT2D eigenvalue weighted by Gasteiger charge is 2.39. The largest absolute Gasteiger partial charge is 0.492 e. The SMILES string of the molecule is CC1(COc2ccc(C#N)c(Cl)c2C(=O)N2CCc3nn(-c4ccc(F)cc4)cc3C2)CC1. The Morgan fingerprint density at radius 1 is 1.27 bits per heavy atom. The molecule has 0 bridgehead atoms. The molecule has 1 aliphatic heterocycles. The van der Waals surface area contributed by atoms with Gasteiger partial charge in [0.1, 0.15) is 23.2 Å². The lowest BCUT2D eigenvalue weighted by Gasteiger charge is -2.27. The minimum absolute atomic E-state index is 0.119. The Balaban J connectivity index is 1.41. The number of hydrogen-bond acceptors (Lipinski definition) is 4. The zero-order chi connectivity index (χ0) is 23.2. The molecule has 0 radical (unpaired) electrons. The molecule has 0 spiro atoms. The lowest BCUT2D eigenvalue weighted by molar-refractivity contribution is 0.0728. The van der Waals surface area contributed by atoms with Crippen LogP contribution in [0, 0.1) is 22.6 Å². The molecule has 1 aliphatic carbocycles. The van der Waals surface area contributed by atoms with E-state index in [1.54, 1.807) is 33.8 Å². The van der Waals surface area contributed by atoms with Gasteiger partial charge in [-0.15, -0.1) is 0 Å². The molecule has 5 rings (SSSR count). The maximum absolute atomic E-state index is 13.6. The molecule has 2 aromatic carbocycles. The monoisotopic (exact) mass is 464 g/mol. The minimum Gasteiger partial charge on any atom is -0.492 e. The second kappa shape index (κ2) is 8.20. The molecule has 0 unspecified atom stereocenters. The van der Waals surface area contributed by atoms with Gasteiger partial charge in [0.05, 0.1) is 28.6 Å². The van der Waals surface area contributed by atoms with E-state index in [2.05, 4.69) is 12.0 Å². The fourth-order valence-electron chi connectivity index (χ4n) is 3.94. The molecule has 1 aromatic heterocycles. The maximum atomic E-state index is 13.6. The lowest BCUT2D eigenvalue weighted by Crippen LogP contribution is -2.36. The molecule has 2 aliphatic rings. The third-order valence-corrected chi connectivity index (χ3v) is 6.75. The first-order chi connectivity index (χ1) is 15.9. The highest BCUT2D eigenvalue weighted by Crippen LogP contribution is 2.45. The maximum Gasteiger partial charge on any atom is 0.259 e. The van der Waals surface area contributed by atoms with Crippen molar-refractivity contribution in [1.82, 2.24) is 14.7 Å². The molecule has 33 heavy (non-hydrogen) atoms. The Kier molecular flexibility index (Phi) is 5.34. The Hall–Kier alpha value is -3.37. The van der Waals surface area contributed by atoms with Crippen molar-refractivity contribution in [2.75, 3.05) is 13.2 Å². The predicted molar refractivity (Wildman–Crippen MR) is 121 cm³/mol. The number of aromatic nitrogens is 2. The quantitative estimate of drug-likeness (QED) is 0.537. The lowest BCUT2D eigenvalue weighted by atomic mass is 10.0. The molecule has 6 nitrogen and oxygen atoms in total. The van der Waals surface area contributed by atoms with Gasteiger partial charge in [0, 0.05) is 36.7 Å². The zero-order valence-electron chi connectivity index (χ0n) is 18.1. The summed E-state index contributed by atoms with van der Waals surface area (Å²) in [6.45, 7) is 3.48. The summed E-state index contributed by atoms with van der Waals surface area (Å²) in [7, 11) is 0. The Morgan fingerprint density at radius 2 is 2.03 bits per heavy atom. The topological polar surface area (TPSA) is 71.2 Å². The Morgan fingerprint density at radius 3 is 2.73 bits per heavy atom. The van der Waals surface area contributed by atoms with Gasteiger partial charge in [-0.3, -0.25) is 4.79 Å². The van der Waals surface area contributed by atoms with Gasteiger partial charge < -0.3 is 9.64 Å². The zero-order valence-corrected chi connectivity index (χ0v) is 18.9. The number of carbonyl (C=O) groups is 1. The summed E-state index contributed by atoms with van der Waals surface area (Å²) in [4.78, 5) is 15.3. The van der Waals surface area contributed by atoms with Crippen LogP contribution in [0.15, 0.2) is 42.6 Å². The molecule has 1 saturated carbocycles. The number of rotatable bonds is 5. The third kappa shape index (κ3) is 4.19. The highest BCUT2D eigenvalue weighted by molar-refractivity contribution is 6.35. The molecule has 0 atom stereocenters. The van der Waals surface area contributed by atoms with E-state index in [1.807, 2.05) is 12.3 Å². The Labute approximate surface area is 196 Å². The second-order valence-electron chi connectivity index (χ2n) is 9.01. The van der Waals surface area contributed by atoms with Crippen LogP contribution >= 0.6 is 11.6 Å². The molecule has 0 saturated heterocycles. The number of hydrogen-bond donors (Lipinski definition) is 0. The number of benzene rings is 2. The summed E-state index contributed by atoms with van der Waals surface area (Å²) < 4.78 is 21.0. The normalized spacial score (nSPS) is 16.1. The van der Waals surface area contributed by atoms with Crippen LogP contribution in [0.4, 0.5) is 4.39 Å². The molecule has 3 aromatic rings. The van der Waals surface area contributed by atoms with Gasteiger partial charge >= 0.3 is 0 Å². The standard InChI is InChI=1S/C25H22ClFN4O2/c1-25(9-10-25)15-33-21-7-2-16(12-28)23(26)22(21)24(32)30-11-8-20-17(13-30)14-31(29-20)19-5-3-18(27)4-6-19/h2-7,14H,8-11,13,15H2,1H3. The molecule has 8 heteroatoms. The summed E-state index contributed by atoms with van der Waals surface area (Å²) in [5, 5.41) is 14.1. The van der Waals surface area contributed by atoms with Crippen molar-refractivity contribution in [2.45, 2.75) is 32.7 Å². The number of carbonyl (C=O) groups excluding carboxylic acids is 1. The van der Waals surface area contributed by atoms with Crippen molar-refractivity contribution in [3.63, 3.8) is 0 Å². The number of nitrogens with zero attached hydrogens (tertiary/aromatic N) is 4.